The van der Waals surface area contributed by atoms with Gasteiger partial charge in [-0.1, -0.05) is 0 Å². The summed E-state index contributed by atoms with van der Waals surface area (Å²) in [7, 11) is 2.01. The van der Waals surface area contributed by atoms with Crippen LogP contribution in [-0.2, 0) is 24.8 Å². The van der Waals surface area contributed by atoms with E-state index in [9.17, 15) is 4.79 Å². The molecule has 1 atom stereocenters. The minimum absolute atomic E-state index is 0.219. The maximum absolute atomic E-state index is 11.9. The number of urea groups is 1. The molecule has 4 heterocycles. The molecule has 10 nitrogen and oxygen atoms in total. The number of nitrogens with one attached hydrogen (secondary N) is 2. The van der Waals surface area contributed by atoms with Crippen molar-refractivity contribution < 1.29 is 9.53 Å². The van der Waals surface area contributed by atoms with E-state index in [0.717, 1.165) is 48.2 Å². The summed E-state index contributed by atoms with van der Waals surface area (Å²) >= 11 is 0. The predicted molar refractivity (Wildman–Crippen MR) is 136 cm³/mol. The van der Waals surface area contributed by atoms with E-state index in [2.05, 4.69) is 32.3 Å². The van der Waals surface area contributed by atoms with Crippen molar-refractivity contribution >= 4 is 23.5 Å². The van der Waals surface area contributed by atoms with E-state index in [1.54, 1.807) is 0 Å². The molecule has 0 aliphatic carbocycles. The molecule has 0 spiro atoms. The smallest absolute Gasteiger partial charge is 0.319 e. The molecule has 2 aliphatic rings. The molecule has 1 aromatic carbocycles. The van der Waals surface area contributed by atoms with Gasteiger partial charge in [0.1, 0.15) is 5.82 Å². The first-order valence-electron chi connectivity index (χ1n) is 12.1. The molecule has 2 amide bonds. The van der Waals surface area contributed by atoms with Gasteiger partial charge >= 0.3 is 6.03 Å². The van der Waals surface area contributed by atoms with Gasteiger partial charge in [0.2, 0.25) is 5.95 Å². The lowest BCUT2D eigenvalue weighted by Gasteiger charge is -2.38. The van der Waals surface area contributed by atoms with Gasteiger partial charge in [0, 0.05) is 55.9 Å². The Morgan fingerprint density at radius 3 is 2.74 bits per heavy atom. The minimum atomic E-state index is -0.219. The summed E-state index contributed by atoms with van der Waals surface area (Å²) in [5.41, 5.74) is 3.87. The van der Waals surface area contributed by atoms with Gasteiger partial charge in [0.15, 0.2) is 5.82 Å². The van der Waals surface area contributed by atoms with Crippen molar-refractivity contribution in [2.75, 3.05) is 48.0 Å². The molecular formula is C25H32N8O2. The molecule has 184 valence electrons. The summed E-state index contributed by atoms with van der Waals surface area (Å²) in [5, 5.41) is 5.58. The predicted octanol–water partition coefficient (Wildman–Crippen LogP) is 2.81. The van der Waals surface area contributed by atoms with Crippen LogP contribution in [0.3, 0.4) is 0 Å². The fourth-order valence-electron chi connectivity index (χ4n) is 4.69. The molecule has 1 unspecified atom stereocenters. The maximum atomic E-state index is 11.9. The van der Waals surface area contributed by atoms with Gasteiger partial charge in [-0.05, 0) is 44.5 Å². The molecule has 1 saturated heterocycles. The number of aromatic nitrogens is 4. The number of imidazole rings is 1. The van der Waals surface area contributed by atoms with Crippen LogP contribution in [0.1, 0.15) is 25.1 Å². The summed E-state index contributed by atoms with van der Waals surface area (Å²) < 4.78 is 7.73. The van der Waals surface area contributed by atoms with Gasteiger partial charge in [-0.2, -0.15) is 0 Å². The number of rotatable bonds is 5. The molecule has 0 radical (unpaired) electrons. The number of carbonyl (C=O) groups excluding carboxylic acids is 1. The summed E-state index contributed by atoms with van der Waals surface area (Å²) in [4.78, 5) is 31.1. The van der Waals surface area contributed by atoms with Crippen LogP contribution in [0.4, 0.5) is 22.2 Å². The number of nitrogens with zero attached hydrogens (tertiary/aromatic N) is 6. The normalized spacial score (nSPS) is 17.7. The molecule has 35 heavy (non-hydrogen) atoms. The van der Waals surface area contributed by atoms with Gasteiger partial charge in [0.05, 0.1) is 31.5 Å². The van der Waals surface area contributed by atoms with Crippen molar-refractivity contribution in [2.45, 2.75) is 32.9 Å². The summed E-state index contributed by atoms with van der Waals surface area (Å²) in [6, 6.07) is 7.69. The van der Waals surface area contributed by atoms with E-state index in [4.69, 9.17) is 14.7 Å². The topological polar surface area (TPSA) is 100 Å². The fraction of sp³-hybridized carbons (Fsp3) is 0.440. The first-order chi connectivity index (χ1) is 17.0. The number of morpholine rings is 1. The van der Waals surface area contributed by atoms with E-state index in [0.29, 0.717) is 32.1 Å². The first-order valence-corrected chi connectivity index (χ1v) is 12.1. The average molecular weight is 477 g/mol. The molecule has 2 aromatic heterocycles. The number of ether oxygens (including phenoxy) is 1. The second-order valence-corrected chi connectivity index (χ2v) is 8.98. The van der Waals surface area contributed by atoms with Crippen molar-refractivity contribution in [3.8, 4) is 11.4 Å². The van der Waals surface area contributed by atoms with Gasteiger partial charge < -0.3 is 29.7 Å². The van der Waals surface area contributed by atoms with Crippen LogP contribution in [0.25, 0.3) is 11.4 Å². The monoisotopic (exact) mass is 476 g/mol. The number of hydrogen-bond acceptors (Lipinski definition) is 7. The Morgan fingerprint density at radius 1 is 1.20 bits per heavy atom. The van der Waals surface area contributed by atoms with Crippen molar-refractivity contribution in [3.63, 3.8) is 0 Å². The van der Waals surface area contributed by atoms with E-state index in [-0.39, 0.29) is 12.1 Å². The second-order valence-electron chi connectivity index (χ2n) is 8.98. The molecule has 5 rings (SSSR count). The number of aryl methyl sites for hydroxylation is 1. The maximum Gasteiger partial charge on any atom is 0.319 e. The van der Waals surface area contributed by atoms with Crippen LogP contribution >= 0.6 is 0 Å². The second kappa shape index (κ2) is 9.91. The lowest BCUT2D eigenvalue weighted by atomic mass is 10.0. The third-order valence-electron chi connectivity index (χ3n) is 6.50. The average Bonchev–Trinajstić information content (AvgIpc) is 3.30. The van der Waals surface area contributed by atoms with Gasteiger partial charge in [-0.3, -0.25) is 0 Å². The van der Waals surface area contributed by atoms with Crippen LogP contribution in [0, 0.1) is 0 Å². The Bertz CT molecular complexity index is 1190. The zero-order chi connectivity index (χ0) is 24.4. The third-order valence-corrected chi connectivity index (χ3v) is 6.50. The quantitative estimate of drug-likeness (QED) is 0.584. The minimum Gasteiger partial charge on any atom is -0.377 e. The number of carbonyl (C=O) groups is 1. The van der Waals surface area contributed by atoms with Crippen LogP contribution in [-0.4, -0.2) is 64.4 Å². The van der Waals surface area contributed by atoms with Crippen LogP contribution in [0.5, 0.6) is 0 Å². The molecule has 1 fully saturated rings. The third kappa shape index (κ3) is 4.79. The Morgan fingerprint density at radius 2 is 2.03 bits per heavy atom. The number of benzene rings is 1. The van der Waals surface area contributed by atoms with E-state index in [1.807, 2.05) is 55.2 Å². The van der Waals surface area contributed by atoms with Gasteiger partial charge in [-0.25, -0.2) is 19.7 Å². The van der Waals surface area contributed by atoms with Gasteiger partial charge in [-0.15, -0.1) is 0 Å². The Balaban J connectivity index is 1.50. The Labute approximate surface area is 205 Å². The standard InChI is InChI=1S/C25H32N8O2/c1-4-26-24(34)28-19-7-5-18(6-8-19)22-29-21-15-32(25-27-10-12-31(25)3)11-9-20(21)23(30-22)33-13-14-35-16-17(33)2/h5-8,10,12,17H,4,9,11,13-16H2,1-3H3,(H2,26,28,34). The fourth-order valence-corrected chi connectivity index (χ4v) is 4.69. The van der Waals surface area contributed by atoms with Gasteiger partial charge in [0.25, 0.3) is 0 Å². The molecule has 3 aromatic rings. The van der Waals surface area contributed by atoms with Crippen LogP contribution < -0.4 is 20.4 Å². The Hall–Kier alpha value is -3.66. The largest absolute Gasteiger partial charge is 0.377 e. The Kier molecular flexibility index (Phi) is 6.54. The summed E-state index contributed by atoms with van der Waals surface area (Å²) in [6.45, 7) is 8.38. The van der Waals surface area contributed by atoms with Crippen molar-refractivity contribution in [1.82, 2.24) is 24.8 Å². The summed E-state index contributed by atoms with van der Waals surface area (Å²) in [5.74, 6) is 2.63. The van der Waals surface area contributed by atoms with Crippen molar-refractivity contribution in [1.29, 1.82) is 0 Å². The zero-order valence-electron chi connectivity index (χ0n) is 20.5. The highest BCUT2D eigenvalue weighted by atomic mass is 16.5. The molecular weight excluding hydrogens is 444 g/mol. The molecule has 0 bridgehead atoms. The molecule has 10 heteroatoms. The number of fused-ring (bicyclic) bond motifs is 1. The summed E-state index contributed by atoms with van der Waals surface area (Å²) in [6.07, 6.45) is 4.65. The highest BCUT2D eigenvalue weighted by Crippen LogP contribution is 2.32. The zero-order valence-corrected chi connectivity index (χ0v) is 20.5. The number of anilines is 3. The lowest BCUT2D eigenvalue weighted by Crippen LogP contribution is -2.45. The van der Waals surface area contributed by atoms with Crippen molar-refractivity contribution in [3.05, 3.63) is 47.9 Å². The van der Waals surface area contributed by atoms with E-state index < -0.39 is 0 Å². The number of hydrogen-bond donors (Lipinski definition) is 2. The highest BCUT2D eigenvalue weighted by Gasteiger charge is 2.29. The number of amides is 2. The van der Waals surface area contributed by atoms with Crippen molar-refractivity contribution in [2.24, 2.45) is 7.05 Å². The van der Waals surface area contributed by atoms with E-state index >= 15 is 0 Å². The SMILES string of the molecule is CCNC(=O)Nc1ccc(-c2nc3c(c(N4CCOCC4C)n2)CCN(c2nccn2C)C3)cc1. The van der Waals surface area contributed by atoms with Crippen LogP contribution in [0.15, 0.2) is 36.7 Å². The highest BCUT2D eigenvalue weighted by molar-refractivity contribution is 5.89. The lowest BCUT2D eigenvalue weighted by molar-refractivity contribution is 0.0984. The van der Waals surface area contributed by atoms with Crippen LogP contribution in [0.2, 0.25) is 0 Å². The first kappa shape index (κ1) is 23.1. The molecule has 0 saturated carbocycles. The molecule has 2 N–H and O–H groups in total. The van der Waals surface area contributed by atoms with E-state index in [1.165, 1.54) is 5.56 Å². The molecule has 2 aliphatic heterocycles.